The van der Waals surface area contributed by atoms with E-state index in [0.717, 1.165) is 5.57 Å². The number of allylic oxidation sites excluding steroid dienone is 5. The Kier molecular flexibility index (Phi) is 4.54. The summed E-state index contributed by atoms with van der Waals surface area (Å²) < 4.78 is 5.94. The van der Waals surface area contributed by atoms with Gasteiger partial charge in [-0.2, -0.15) is 0 Å². The Bertz CT molecular complexity index is 1110. The largest absolute Gasteiger partial charge is 0.512 e. The minimum absolute atomic E-state index is 0.0324. The fourth-order valence-corrected chi connectivity index (χ4v) is 3.81. The van der Waals surface area contributed by atoms with Crippen molar-refractivity contribution < 1.29 is 29.3 Å². The van der Waals surface area contributed by atoms with Gasteiger partial charge >= 0.3 is 5.97 Å². The quantitative estimate of drug-likeness (QED) is 0.817. The van der Waals surface area contributed by atoms with Crippen molar-refractivity contribution in [2.24, 2.45) is 0 Å². The lowest BCUT2D eigenvalue weighted by molar-refractivity contribution is -0.116. The molecule has 1 aliphatic heterocycles. The maximum absolute atomic E-state index is 11.9. The lowest BCUT2D eigenvalue weighted by atomic mass is 9.80. The summed E-state index contributed by atoms with van der Waals surface area (Å²) in [6, 6.07) is 4.83. The van der Waals surface area contributed by atoms with Crippen molar-refractivity contribution in [1.82, 2.24) is 0 Å². The molecule has 2 aliphatic carbocycles. The number of aliphatic hydroxyl groups is 1. The van der Waals surface area contributed by atoms with Crippen LogP contribution in [0.25, 0.3) is 5.57 Å². The fourth-order valence-electron chi connectivity index (χ4n) is 3.81. The third-order valence-corrected chi connectivity index (χ3v) is 5.01. The maximum Gasteiger partial charge on any atom is 0.336 e. The molecule has 1 unspecified atom stereocenters. The molecule has 0 radical (unpaired) electrons. The topological polar surface area (TPSA) is 101 Å². The summed E-state index contributed by atoms with van der Waals surface area (Å²) in [6.07, 6.45) is 7.51. The molecule has 0 saturated carbocycles. The van der Waals surface area contributed by atoms with E-state index >= 15 is 0 Å². The van der Waals surface area contributed by atoms with Crippen LogP contribution >= 0.6 is 0 Å². The number of carboxylic acid groups (broad SMARTS) is 1. The predicted molar refractivity (Wildman–Crippen MR) is 105 cm³/mol. The molecule has 1 heterocycles. The normalized spacial score (nSPS) is 20.1. The van der Waals surface area contributed by atoms with Gasteiger partial charge in [-0.3, -0.25) is 9.59 Å². The number of rotatable bonds is 4. The molecule has 3 aliphatic rings. The SMILES string of the molecule is CC(=O)Cc1ccc(C(=O)O)c(C2=C3C=CC(=O)C=C3OC3CC(O)=CC=C23)c1. The number of ether oxygens (including phenoxy) is 1. The third-order valence-electron chi connectivity index (χ3n) is 5.01. The second-order valence-corrected chi connectivity index (χ2v) is 7.19. The van der Waals surface area contributed by atoms with Crippen LogP contribution in [-0.2, 0) is 20.7 Å². The summed E-state index contributed by atoms with van der Waals surface area (Å²) in [5, 5.41) is 19.7. The molecule has 1 atom stereocenters. The van der Waals surface area contributed by atoms with E-state index < -0.39 is 12.1 Å². The summed E-state index contributed by atoms with van der Waals surface area (Å²) >= 11 is 0. The molecule has 29 heavy (non-hydrogen) atoms. The zero-order valence-corrected chi connectivity index (χ0v) is 15.6. The molecule has 0 bridgehead atoms. The van der Waals surface area contributed by atoms with E-state index in [1.807, 2.05) is 0 Å². The van der Waals surface area contributed by atoms with Gasteiger partial charge in [0.25, 0.3) is 0 Å². The first kappa shape index (κ1) is 18.7. The molecule has 2 N–H and O–H groups in total. The Labute approximate surface area is 166 Å². The monoisotopic (exact) mass is 390 g/mol. The highest BCUT2D eigenvalue weighted by Gasteiger charge is 2.35. The number of aromatic carboxylic acids is 1. The lowest BCUT2D eigenvalue weighted by Crippen LogP contribution is -2.27. The number of hydrogen-bond donors (Lipinski definition) is 2. The summed E-state index contributed by atoms with van der Waals surface area (Å²) in [5.41, 5.74) is 3.18. The highest BCUT2D eigenvalue weighted by atomic mass is 16.5. The van der Waals surface area contributed by atoms with Crippen molar-refractivity contribution in [3.05, 3.63) is 87.9 Å². The molecule has 0 saturated heterocycles. The van der Waals surface area contributed by atoms with E-state index in [2.05, 4.69) is 0 Å². The highest BCUT2D eigenvalue weighted by Crippen LogP contribution is 2.44. The van der Waals surface area contributed by atoms with Crippen LogP contribution in [-0.4, -0.2) is 33.9 Å². The molecule has 0 amide bonds. The first-order valence-electron chi connectivity index (χ1n) is 9.14. The van der Waals surface area contributed by atoms with Gasteiger partial charge < -0.3 is 14.9 Å². The second-order valence-electron chi connectivity index (χ2n) is 7.19. The molecule has 6 nitrogen and oxygen atoms in total. The first-order valence-corrected chi connectivity index (χ1v) is 9.14. The average Bonchev–Trinajstić information content (AvgIpc) is 2.65. The van der Waals surface area contributed by atoms with Gasteiger partial charge in [-0.05, 0) is 48.4 Å². The molecule has 4 rings (SSSR count). The number of carboxylic acids is 1. The number of benzene rings is 1. The van der Waals surface area contributed by atoms with Gasteiger partial charge in [0.1, 0.15) is 17.6 Å². The summed E-state index contributed by atoms with van der Waals surface area (Å²) in [4.78, 5) is 35.4. The van der Waals surface area contributed by atoms with Crippen LogP contribution in [0.5, 0.6) is 0 Å². The standard InChI is InChI=1S/C23H18O6/c1-12(24)8-13-2-5-16(23(27)28)19(9-13)22-17-6-3-14(25)10-20(17)29-21-11-15(26)4-7-18(21)22/h2-7,9-10,21,26H,8,11H2,1H3,(H,27,28). The van der Waals surface area contributed by atoms with Crippen molar-refractivity contribution in [2.75, 3.05) is 0 Å². The zero-order chi connectivity index (χ0) is 20.7. The van der Waals surface area contributed by atoms with E-state index in [9.17, 15) is 24.6 Å². The molecule has 0 spiro atoms. The number of Topliss-reactive ketones (excluding diaryl/α,β-unsaturated/α-hetero) is 1. The van der Waals surface area contributed by atoms with Crippen molar-refractivity contribution >= 4 is 23.1 Å². The van der Waals surface area contributed by atoms with Gasteiger partial charge in [-0.15, -0.1) is 0 Å². The number of fused-ring (bicyclic) bond motifs is 2. The van der Waals surface area contributed by atoms with E-state index in [4.69, 9.17) is 4.74 Å². The molecule has 146 valence electrons. The van der Waals surface area contributed by atoms with Crippen LogP contribution in [0.3, 0.4) is 0 Å². The van der Waals surface area contributed by atoms with Crippen molar-refractivity contribution in [3.8, 4) is 0 Å². The number of aliphatic hydroxyl groups excluding tert-OH is 1. The minimum Gasteiger partial charge on any atom is -0.512 e. The van der Waals surface area contributed by atoms with Crippen LogP contribution < -0.4 is 0 Å². The summed E-state index contributed by atoms with van der Waals surface area (Å²) in [5.74, 6) is -0.868. The Morgan fingerprint density at radius 2 is 2.00 bits per heavy atom. The van der Waals surface area contributed by atoms with Gasteiger partial charge in [0.2, 0.25) is 0 Å². The Balaban J connectivity index is 2.00. The summed E-state index contributed by atoms with van der Waals surface area (Å²) in [7, 11) is 0. The van der Waals surface area contributed by atoms with E-state index in [-0.39, 0.29) is 35.7 Å². The van der Waals surface area contributed by atoms with Crippen LogP contribution in [0, 0.1) is 0 Å². The van der Waals surface area contributed by atoms with Gasteiger partial charge in [0.05, 0.1) is 11.3 Å². The molecule has 1 aromatic carbocycles. The third kappa shape index (κ3) is 3.45. The van der Waals surface area contributed by atoms with Gasteiger partial charge in [-0.25, -0.2) is 4.79 Å². The fraction of sp³-hybridized carbons (Fsp3) is 0.174. The van der Waals surface area contributed by atoms with Crippen LogP contribution in [0.4, 0.5) is 0 Å². The molecule has 0 aromatic heterocycles. The number of carbonyl (C=O) groups is 3. The second kappa shape index (κ2) is 7.05. The van der Waals surface area contributed by atoms with Crippen LogP contribution in [0.15, 0.2) is 71.2 Å². The molecule has 1 aromatic rings. The van der Waals surface area contributed by atoms with Gasteiger partial charge in [0.15, 0.2) is 5.78 Å². The van der Waals surface area contributed by atoms with E-state index in [1.54, 1.807) is 30.4 Å². The lowest BCUT2D eigenvalue weighted by Gasteiger charge is -2.35. The molecular weight excluding hydrogens is 372 g/mol. The van der Waals surface area contributed by atoms with E-state index in [1.165, 1.54) is 25.1 Å². The maximum atomic E-state index is 11.9. The smallest absolute Gasteiger partial charge is 0.336 e. The van der Waals surface area contributed by atoms with Crippen LogP contribution in [0.1, 0.15) is 34.8 Å². The molecular formula is C23H18O6. The zero-order valence-electron chi connectivity index (χ0n) is 15.6. The van der Waals surface area contributed by atoms with Gasteiger partial charge in [0, 0.05) is 35.6 Å². The molecule has 0 fully saturated rings. The van der Waals surface area contributed by atoms with Crippen molar-refractivity contribution in [3.63, 3.8) is 0 Å². The number of carbonyl (C=O) groups excluding carboxylic acids is 2. The Morgan fingerprint density at radius 1 is 1.21 bits per heavy atom. The van der Waals surface area contributed by atoms with E-state index in [0.29, 0.717) is 28.0 Å². The van der Waals surface area contributed by atoms with Gasteiger partial charge in [-0.1, -0.05) is 12.1 Å². The van der Waals surface area contributed by atoms with Crippen molar-refractivity contribution in [2.45, 2.75) is 25.9 Å². The predicted octanol–water partition coefficient (Wildman–Crippen LogP) is 3.46. The number of ketones is 2. The first-order chi connectivity index (χ1) is 13.8. The highest BCUT2D eigenvalue weighted by molar-refractivity contribution is 6.06. The molecule has 6 heteroatoms. The average molecular weight is 390 g/mol. The van der Waals surface area contributed by atoms with Crippen molar-refractivity contribution in [1.29, 1.82) is 0 Å². The Morgan fingerprint density at radius 3 is 2.72 bits per heavy atom. The minimum atomic E-state index is -1.10. The number of hydrogen-bond acceptors (Lipinski definition) is 5. The summed E-state index contributed by atoms with van der Waals surface area (Å²) in [6.45, 7) is 1.48. The van der Waals surface area contributed by atoms with Crippen LogP contribution in [0.2, 0.25) is 0 Å². The Hall–Kier alpha value is -3.67.